The summed E-state index contributed by atoms with van der Waals surface area (Å²) in [5.41, 5.74) is 1.64. The molecule has 0 aliphatic carbocycles. The molecule has 0 spiro atoms. The lowest BCUT2D eigenvalue weighted by molar-refractivity contribution is -0.121. The lowest BCUT2D eigenvalue weighted by Gasteiger charge is -2.24. The Hall–Kier alpha value is -2.34. The molecular formula is C17H19N3O2S. The van der Waals surface area contributed by atoms with Crippen molar-refractivity contribution in [1.82, 2.24) is 5.32 Å². The van der Waals surface area contributed by atoms with Crippen LogP contribution >= 0.6 is 11.3 Å². The first kappa shape index (κ1) is 15.6. The number of fused-ring (bicyclic) bond motifs is 1. The smallest absolute Gasteiger partial charge is 0.239 e. The first-order valence-electron chi connectivity index (χ1n) is 7.57. The molecule has 2 N–H and O–H groups in total. The Labute approximate surface area is 139 Å². The minimum Gasteiger partial charge on any atom is -0.360 e. The number of para-hydroxylation sites is 2. The van der Waals surface area contributed by atoms with Gasteiger partial charge in [0, 0.05) is 11.4 Å². The van der Waals surface area contributed by atoms with Crippen LogP contribution in [-0.4, -0.2) is 24.9 Å². The Morgan fingerprint density at radius 3 is 2.96 bits per heavy atom. The van der Waals surface area contributed by atoms with Gasteiger partial charge in [-0.15, -0.1) is 11.3 Å². The number of benzene rings is 1. The van der Waals surface area contributed by atoms with Crippen molar-refractivity contribution in [2.45, 2.75) is 13.5 Å². The normalized spacial score (nSPS) is 17.2. The molecule has 0 radical (unpaired) electrons. The van der Waals surface area contributed by atoms with Crippen molar-refractivity contribution in [3.8, 4) is 0 Å². The minimum atomic E-state index is -0.174. The number of carbonyl (C=O) groups excluding carboxylic acids is 2. The van der Waals surface area contributed by atoms with Gasteiger partial charge in [-0.3, -0.25) is 9.59 Å². The summed E-state index contributed by atoms with van der Waals surface area (Å²) >= 11 is 1.62. The second kappa shape index (κ2) is 6.83. The average molecular weight is 329 g/mol. The maximum absolute atomic E-state index is 12.3. The summed E-state index contributed by atoms with van der Waals surface area (Å²) in [5.74, 6) is -0.235. The van der Waals surface area contributed by atoms with E-state index in [0.717, 1.165) is 16.3 Å². The Bertz CT molecular complexity index is 700. The summed E-state index contributed by atoms with van der Waals surface area (Å²) in [6.07, 6.45) is 0. The molecule has 1 aromatic heterocycles. The summed E-state index contributed by atoms with van der Waals surface area (Å²) < 4.78 is 0. The molecule has 23 heavy (non-hydrogen) atoms. The van der Waals surface area contributed by atoms with Gasteiger partial charge in [-0.2, -0.15) is 0 Å². The standard InChI is InChI=1S/C17H19N3O2S/c1-12-10-20(11-16(21)18-9-13-5-4-8-23-13)15-7-3-2-6-14(15)19-17(12)22/h2-8,12H,9-11H2,1H3,(H,18,21)(H,19,22)/t12-/m0/s1. The van der Waals surface area contributed by atoms with Gasteiger partial charge in [-0.25, -0.2) is 0 Å². The zero-order valence-electron chi connectivity index (χ0n) is 12.9. The van der Waals surface area contributed by atoms with Crippen LogP contribution in [0.15, 0.2) is 41.8 Å². The van der Waals surface area contributed by atoms with E-state index in [1.807, 2.05) is 53.6 Å². The van der Waals surface area contributed by atoms with E-state index in [1.165, 1.54) is 0 Å². The van der Waals surface area contributed by atoms with Gasteiger partial charge in [-0.1, -0.05) is 25.1 Å². The third kappa shape index (κ3) is 3.71. The molecule has 2 heterocycles. The highest BCUT2D eigenvalue weighted by atomic mass is 32.1. The fraction of sp³-hybridized carbons (Fsp3) is 0.294. The van der Waals surface area contributed by atoms with Gasteiger partial charge in [0.1, 0.15) is 0 Å². The third-order valence-corrected chi connectivity index (χ3v) is 4.70. The zero-order chi connectivity index (χ0) is 16.2. The second-order valence-electron chi connectivity index (χ2n) is 5.64. The van der Waals surface area contributed by atoms with Crippen LogP contribution in [0.4, 0.5) is 11.4 Å². The van der Waals surface area contributed by atoms with Crippen LogP contribution in [0.5, 0.6) is 0 Å². The molecule has 2 amide bonds. The summed E-state index contributed by atoms with van der Waals surface area (Å²) in [5, 5.41) is 7.84. The van der Waals surface area contributed by atoms with Gasteiger partial charge in [0.15, 0.2) is 0 Å². The van der Waals surface area contributed by atoms with Gasteiger partial charge < -0.3 is 15.5 Å². The summed E-state index contributed by atoms with van der Waals surface area (Å²) in [6.45, 7) is 3.17. The SMILES string of the molecule is C[C@H]1CN(CC(=O)NCc2cccs2)c2ccccc2NC1=O. The largest absolute Gasteiger partial charge is 0.360 e. The van der Waals surface area contributed by atoms with Crippen LogP contribution in [-0.2, 0) is 16.1 Å². The van der Waals surface area contributed by atoms with E-state index in [9.17, 15) is 9.59 Å². The number of carbonyl (C=O) groups is 2. The molecule has 0 bridgehead atoms. The molecule has 1 aliphatic rings. The average Bonchev–Trinajstić information content (AvgIpc) is 3.02. The van der Waals surface area contributed by atoms with E-state index in [0.29, 0.717) is 13.1 Å². The first-order chi connectivity index (χ1) is 11.1. The van der Waals surface area contributed by atoms with Crippen LogP contribution in [0.2, 0.25) is 0 Å². The molecule has 2 aromatic rings. The van der Waals surface area contributed by atoms with Crippen LogP contribution in [0.3, 0.4) is 0 Å². The third-order valence-electron chi connectivity index (χ3n) is 3.82. The number of thiophene rings is 1. The van der Waals surface area contributed by atoms with Crippen LogP contribution < -0.4 is 15.5 Å². The van der Waals surface area contributed by atoms with E-state index in [4.69, 9.17) is 0 Å². The highest BCUT2D eigenvalue weighted by Gasteiger charge is 2.25. The monoisotopic (exact) mass is 329 g/mol. The highest BCUT2D eigenvalue weighted by molar-refractivity contribution is 7.09. The molecule has 0 fully saturated rings. The van der Waals surface area contributed by atoms with Crippen molar-refractivity contribution in [2.24, 2.45) is 5.92 Å². The van der Waals surface area contributed by atoms with Gasteiger partial charge >= 0.3 is 0 Å². The van der Waals surface area contributed by atoms with Crippen molar-refractivity contribution in [2.75, 3.05) is 23.3 Å². The lowest BCUT2D eigenvalue weighted by atomic mass is 10.1. The van der Waals surface area contributed by atoms with Crippen molar-refractivity contribution in [3.63, 3.8) is 0 Å². The molecule has 0 unspecified atom stereocenters. The number of rotatable bonds is 4. The van der Waals surface area contributed by atoms with Crippen molar-refractivity contribution in [3.05, 3.63) is 46.7 Å². The molecule has 120 valence electrons. The summed E-state index contributed by atoms with van der Waals surface area (Å²) in [6, 6.07) is 11.6. The van der Waals surface area contributed by atoms with E-state index in [2.05, 4.69) is 10.6 Å². The summed E-state index contributed by atoms with van der Waals surface area (Å²) in [4.78, 5) is 27.4. The van der Waals surface area contributed by atoms with Crippen molar-refractivity contribution < 1.29 is 9.59 Å². The number of amides is 2. The molecular weight excluding hydrogens is 310 g/mol. The molecule has 3 rings (SSSR count). The van der Waals surface area contributed by atoms with Crippen LogP contribution in [0.25, 0.3) is 0 Å². The van der Waals surface area contributed by atoms with Gasteiger partial charge in [0.05, 0.1) is 30.4 Å². The molecule has 0 saturated carbocycles. The molecule has 1 atom stereocenters. The van der Waals surface area contributed by atoms with Gasteiger partial charge in [0.25, 0.3) is 0 Å². The summed E-state index contributed by atoms with van der Waals surface area (Å²) in [7, 11) is 0. The Morgan fingerprint density at radius 1 is 1.35 bits per heavy atom. The number of anilines is 2. The first-order valence-corrected chi connectivity index (χ1v) is 8.45. The van der Waals surface area contributed by atoms with Gasteiger partial charge in [0.2, 0.25) is 11.8 Å². The zero-order valence-corrected chi connectivity index (χ0v) is 13.7. The van der Waals surface area contributed by atoms with Crippen molar-refractivity contribution in [1.29, 1.82) is 0 Å². The highest BCUT2D eigenvalue weighted by Crippen LogP contribution is 2.29. The molecule has 0 saturated heterocycles. The quantitative estimate of drug-likeness (QED) is 0.906. The van der Waals surface area contributed by atoms with Crippen LogP contribution in [0, 0.1) is 5.92 Å². The van der Waals surface area contributed by atoms with Crippen LogP contribution in [0.1, 0.15) is 11.8 Å². The number of hydrogen-bond acceptors (Lipinski definition) is 4. The predicted molar refractivity (Wildman–Crippen MR) is 92.6 cm³/mol. The Balaban J connectivity index is 1.70. The minimum absolute atomic E-state index is 0.0149. The Kier molecular flexibility index (Phi) is 4.62. The van der Waals surface area contributed by atoms with E-state index in [-0.39, 0.29) is 24.3 Å². The molecule has 1 aliphatic heterocycles. The number of nitrogens with one attached hydrogen (secondary N) is 2. The van der Waals surface area contributed by atoms with Crippen molar-refractivity contribution >= 4 is 34.5 Å². The van der Waals surface area contributed by atoms with Gasteiger partial charge in [-0.05, 0) is 23.6 Å². The fourth-order valence-electron chi connectivity index (χ4n) is 2.60. The maximum Gasteiger partial charge on any atom is 0.239 e. The van der Waals surface area contributed by atoms with E-state index >= 15 is 0 Å². The molecule has 6 heteroatoms. The predicted octanol–water partition coefficient (Wildman–Crippen LogP) is 2.46. The maximum atomic E-state index is 12.3. The number of nitrogens with zero attached hydrogens (tertiary/aromatic N) is 1. The fourth-order valence-corrected chi connectivity index (χ4v) is 3.25. The lowest BCUT2D eigenvalue weighted by Crippen LogP contribution is -2.39. The second-order valence-corrected chi connectivity index (χ2v) is 6.68. The van der Waals surface area contributed by atoms with E-state index < -0.39 is 0 Å². The van der Waals surface area contributed by atoms with E-state index in [1.54, 1.807) is 11.3 Å². The molecule has 1 aromatic carbocycles. The molecule has 5 nitrogen and oxygen atoms in total. The number of hydrogen-bond donors (Lipinski definition) is 2. The Morgan fingerprint density at radius 2 is 2.17 bits per heavy atom. The topological polar surface area (TPSA) is 61.4 Å².